The van der Waals surface area contributed by atoms with Crippen molar-refractivity contribution in [3.05, 3.63) is 28.8 Å². The van der Waals surface area contributed by atoms with Crippen molar-refractivity contribution in [1.29, 1.82) is 0 Å². The number of hydrogen-bond acceptors (Lipinski definition) is 3. The van der Waals surface area contributed by atoms with Crippen LogP contribution in [0.5, 0.6) is 5.75 Å². The SMILES string of the molecule is CCCCCCC(C)OCC(=O)c1ccc(OC)c(Cl)c1. The molecule has 0 radical (unpaired) electrons. The fourth-order valence-electron chi connectivity index (χ4n) is 2.08. The molecule has 0 spiro atoms. The topological polar surface area (TPSA) is 35.5 Å². The summed E-state index contributed by atoms with van der Waals surface area (Å²) < 4.78 is 10.7. The molecule has 0 fully saturated rings. The molecule has 0 saturated carbocycles. The molecule has 0 bridgehead atoms. The summed E-state index contributed by atoms with van der Waals surface area (Å²) in [6.07, 6.45) is 5.97. The quantitative estimate of drug-likeness (QED) is 0.455. The van der Waals surface area contributed by atoms with Crippen LogP contribution in [0.25, 0.3) is 0 Å². The minimum atomic E-state index is -0.0556. The van der Waals surface area contributed by atoms with E-state index in [0.717, 1.165) is 12.8 Å². The van der Waals surface area contributed by atoms with Crippen molar-refractivity contribution in [3.8, 4) is 5.75 Å². The van der Waals surface area contributed by atoms with Gasteiger partial charge in [-0.3, -0.25) is 4.79 Å². The van der Waals surface area contributed by atoms with E-state index in [1.54, 1.807) is 25.3 Å². The van der Waals surface area contributed by atoms with Crippen molar-refractivity contribution < 1.29 is 14.3 Å². The first-order valence-electron chi connectivity index (χ1n) is 7.56. The number of unbranched alkanes of at least 4 members (excludes halogenated alkanes) is 3. The highest BCUT2D eigenvalue weighted by molar-refractivity contribution is 6.32. The zero-order valence-corrected chi connectivity index (χ0v) is 13.9. The van der Waals surface area contributed by atoms with Crippen LogP contribution in [-0.2, 0) is 4.74 Å². The molecule has 0 aliphatic heterocycles. The molecular weight excluding hydrogens is 288 g/mol. The predicted octanol–water partition coefficient (Wildman–Crippen LogP) is 4.91. The van der Waals surface area contributed by atoms with Crippen LogP contribution in [0.3, 0.4) is 0 Å². The van der Waals surface area contributed by atoms with E-state index in [2.05, 4.69) is 6.92 Å². The molecule has 0 N–H and O–H groups in total. The minimum absolute atomic E-state index is 0.0556. The summed E-state index contributed by atoms with van der Waals surface area (Å²) in [5.74, 6) is 0.512. The average molecular weight is 313 g/mol. The van der Waals surface area contributed by atoms with Gasteiger partial charge in [-0.25, -0.2) is 0 Å². The first-order valence-corrected chi connectivity index (χ1v) is 7.94. The Kier molecular flexibility index (Phi) is 8.40. The van der Waals surface area contributed by atoms with E-state index in [9.17, 15) is 4.79 Å². The number of carbonyl (C=O) groups is 1. The molecule has 0 amide bonds. The molecule has 4 heteroatoms. The van der Waals surface area contributed by atoms with Crippen LogP contribution in [0.2, 0.25) is 5.02 Å². The molecule has 1 rings (SSSR count). The Morgan fingerprint density at radius 1 is 1.29 bits per heavy atom. The normalized spacial score (nSPS) is 12.2. The summed E-state index contributed by atoms with van der Waals surface area (Å²) in [7, 11) is 1.55. The highest BCUT2D eigenvalue weighted by atomic mass is 35.5. The van der Waals surface area contributed by atoms with Gasteiger partial charge in [0.05, 0.1) is 18.2 Å². The first-order chi connectivity index (χ1) is 10.1. The second kappa shape index (κ2) is 9.80. The number of Topliss-reactive ketones (excluding diaryl/α,β-unsaturated/α-hetero) is 1. The lowest BCUT2D eigenvalue weighted by Crippen LogP contribution is -2.16. The zero-order valence-electron chi connectivity index (χ0n) is 13.2. The molecule has 0 saturated heterocycles. The number of hydrogen-bond donors (Lipinski definition) is 0. The van der Waals surface area contributed by atoms with Crippen molar-refractivity contribution in [2.45, 2.75) is 52.1 Å². The molecule has 1 aromatic rings. The van der Waals surface area contributed by atoms with Crippen molar-refractivity contribution in [2.24, 2.45) is 0 Å². The van der Waals surface area contributed by atoms with Gasteiger partial charge in [0.15, 0.2) is 5.78 Å². The summed E-state index contributed by atoms with van der Waals surface area (Å²) in [5, 5.41) is 0.441. The number of methoxy groups -OCH3 is 1. The third kappa shape index (κ3) is 6.49. The van der Waals surface area contributed by atoms with E-state index < -0.39 is 0 Å². The van der Waals surface area contributed by atoms with E-state index in [4.69, 9.17) is 21.1 Å². The van der Waals surface area contributed by atoms with Crippen LogP contribution in [0.1, 0.15) is 56.3 Å². The highest BCUT2D eigenvalue weighted by Gasteiger charge is 2.11. The van der Waals surface area contributed by atoms with Crippen LogP contribution < -0.4 is 4.74 Å². The number of halogens is 1. The Morgan fingerprint density at radius 2 is 2.05 bits per heavy atom. The van der Waals surface area contributed by atoms with Gasteiger partial charge >= 0.3 is 0 Å². The summed E-state index contributed by atoms with van der Waals surface area (Å²) >= 11 is 6.02. The fraction of sp³-hybridized carbons (Fsp3) is 0.588. The lowest BCUT2D eigenvalue weighted by molar-refractivity contribution is 0.0483. The van der Waals surface area contributed by atoms with Crippen LogP contribution in [0, 0.1) is 0 Å². The molecule has 0 heterocycles. The molecule has 0 aliphatic carbocycles. The summed E-state index contributed by atoms with van der Waals surface area (Å²) in [6.45, 7) is 4.30. The summed E-state index contributed by atoms with van der Waals surface area (Å²) in [4.78, 5) is 12.1. The molecule has 118 valence electrons. The van der Waals surface area contributed by atoms with Crippen LogP contribution in [0.4, 0.5) is 0 Å². The van der Waals surface area contributed by atoms with E-state index in [1.165, 1.54) is 19.3 Å². The number of ketones is 1. The standard InChI is InChI=1S/C17H25ClO3/c1-4-5-6-7-8-13(2)21-12-16(19)14-9-10-17(20-3)15(18)11-14/h9-11,13H,4-8,12H2,1-3H3. The van der Waals surface area contributed by atoms with Gasteiger partial charge < -0.3 is 9.47 Å². The van der Waals surface area contributed by atoms with Crippen LogP contribution in [-0.4, -0.2) is 25.6 Å². The third-order valence-corrected chi connectivity index (χ3v) is 3.73. The predicted molar refractivity (Wildman–Crippen MR) is 86.5 cm³/mol. The third-order valence-electron chi connectivity index (χ3n) is 3.44. The molecular formula is C17H25ClO3. The number of rotatable bonds is 10. The van der Waals surface area contributed by atoms with Crippen molar-refractivity contribution in [1.82, 2.24) is 0 Å². The molecule has 1 unspecified atom stereocenters. The Balaban J connectivity index is 2.37. The molecule has 21 heavy (non-hydrogen) atoms. The average Bonchev–Trinajstić information content (AvgIpc) is 2.49. The van der Waals surface area contributed by atoms with Gasteiger partial charge in [-0.05, 0) is 31.5 Å². The highest BCUT2D eigenvalue weighted by Crippen LogP contribution is 2.25. The van der Waals surface area contributed by atoms with Gasteiger partial charge in [0.1, 0.15) is 12.4 Å². The van der Waals surface area contributed by atoms with E-state index in [0.29, 0.717) is 16.3 Å². The maximum atomic E-state index is 12.1. The van der Waals surface area contributed by atoms with Crippen molar-refractivity contribution in [3.63, 3.8) is 0 Å². The Hall–Kier alpha value is -1.06. The number of benzene rings is 1. The van der Waals surface area contributed by atoms with Crippen molar-refractivity contribution in [2.75, 3.05) is 13.7 Å². The maximum absolute atomic E-state index is 12.1. The zero-order chi connectivity index (χ0) is 15.7. The molecule has 1 atom stereocenters. The van der Waals surface area contributed by atoms with Gasteiger partial charge in [0, 0.05) is 5.56 Å². The Labute approximate surface area is 132 Å². The lowest BCUT2D eigenvalue weighted by atomic mass is 10.1. The molecule has 0 aliphatic rings. The van der Waals surface area contributed by atoms with Gasteiger partial charge in [-0.2, -0.15) is 0 Å². The van der Waals surface area contributed by atoms with Gasteiger partial charge in [-0.1, -0.05) is 44.2 Å². The second-order valence-corrected chi connectivity index (χ2v) is 5.65. The van der Waals surface area contributed by atoms with Gasteiger partial charge in [0.25, 0.3) is 0 Å². The summed E-state index contributed by atoms with van der Waals surface area (Å²) in [5.41, 5.74) is 0.555. The minimum Gasteiger partial charge on any atom is -0.495 e. The fourth-order valence-corrected chi connectivity index (χ4v) is 2.34. The van der Waals surface area contributed by atoms with E-state index >= 15 is 0 Å². The molecule has 0 aromatic heterocycles. The Bertz CT molecular complexity index is 446. The monoisotopic (exact) mass is 312 g/mol. The lowest BCUT2D eigenvalue weighted by Gasteiger charge is -2.12. The van der Waals surface area contributed by atoms with Crippen LogP contribution >= 0.6 is 11.6 Å². The van der Waals surface area contributed by atoms with E-state index in [-0.39, 0.29) is 18.5 Å². The number of carbonyl (C=O) groups excluding carboxylic acids is 1. The summed E-state index contributed by atoms with van der Waals surface area (Å²) in [6, 6.07) is 5.03. The molecule has 3 nitrogen and oxygen atoms in total. The van der Waals surface area contributed by atoms with Gasteiger partial charge in [0.2, 0.25) is 0 Å². The Morgan fingerprint density at radius 3 is 2.67 bits per heavy atom. The van der Waals surface area contributed by atoms with Crippen LogP contribution in [0.15, 0.2) is 18.2 Å². The number of ether oxygens (including phenoxy) is 2. The second-order valence-electron chi connectivity index (χ2n) is 5.24. The molecule has 1 aromatic carbocycles. The smallest absolute Gasteiger partial charge is 0.188 e. The van der Waals surface area contributed by atoms with Crippen molar-refractivity contribution >= 4 is 17.4 Å². The first kappa shape index (κ1) is 18.0. The van der Waals surface area contributed by atoms with Gasteiger partial charge in [-0.15, -0.1) is 0 Å². The largest absolute Gasteiger partial charge is 0.495 e. The maximum Gasteiger partial charge on any atom is 0.188 e. The van der Waals surface area contributed by atoms with E-state index in [1.807, 2.05) is 6.92 Å².